The normalized spacial score (nSPS) is 33.6. The van der Waals surface area contributed by atoms with E-state index in [0.717, 1.165) is 12.7 Å². The number of alkyl halides is 1. The van der Waals surface area contributed by atoms with Gasteiger partial charge in [-0.25, -0.2) is 12.8 Å². The van der Waals surface area contributed by atoms with Crippen molar-refractivity contribution in [2.24, 2.45) is 0 Å². The van der Waals surface area contributed by atoms with E-state index in [1.807, 2.05) is 0 Å². The first-order valence-corrected chi connectivity index (χ1v) is 5.48. The minimum atomic E-state index is -3.60. The van der Waals surface area contributed by atoms with E-state index in [4.69, 9.17) is 0 Å². The van der Waals surface area contributed by atoms with Crippen LogP contribution in [-0.4, -0.2) is 26.3 Å². The van der Waals surface area contributed by atoms with Crippen molar-refractivity contribution in [2.45, 2.75) is 24.4 Å². The van der Waals surface area contributed by atoms with E-state index in [2.05, 4.69) is 5.32 Å². The van der Waals surface area contributed by atoms with Crippen molar-refractivity contribution in [1.82, 2.24) is 5.32 Å². The maximum Gasteiger partial charge on any atom is 0.262 e. The van der Waals surface area contributed by atoms with E-state index in [0.29, 0.717) is 13.0 Å². The summed E-state index contributed by atoms with van der Waals surface area (Å²) < 4.78 is 35.1. The third-order valence-corrected chi connectivity index (χ3v) is 3.43. The molecular formula is C6H12FNO2S. The van der Waals surface area contributed by atoms with Gasteiger partial charge in [0.05, 0.1) is 0 Å². The van der Waals surface area contributed by atoms with Crippen LogP contribution < -0.4 is 5.32 Å². The molecule has 0 aromatic heterocycles. The SMILES string of the molecule is CS(=O)(=O)C1(F)CCCCN1. The lowest BCUT2D eigenvalue weighted by atomic mass is 10.1. The zero-order chi connectivity index (χ0) is 8.54. The van der Waals surface area contributed by atoms with Crippen LogP contribution in [0.3, 0.4) is 0 Å². The van der Waals surface area contributed by atoms with E-state index in [1.54, 1.807) is 0 Å². The fraction of sp³-hybridized carbons (Fsp3) is 1.00. The molecule has 0 saturated carbocycles. The Bertz CT molecular complexity index is 231. The summed E-state index contributed by atoms with van der Waals surface area (Å²) in [6.07, 6.45) is 2.48. The number of hydrogen-bond acceptors (Lipinski definition) is 3. The first-order valence-electron chi connectivity index (χ1n) is 3.59. The van der Waals surface area contributed by atoms with Gasteiger partial charge in [0.2, 0.25) is 0 Å². The molecule has 0 aliphatic carbocycles. The standard InChI is InChI=1S/C6H12FNO2S/c1-11(9,10)6(7)4-2-3-5-8-6/h8H,2-5H2,1H3. The van der Waals surface area contributed by atoms with Gasteiger partial charge in [0.15, 0.2) is 9.84 Å². The molecule has 1 unspecified atom stereocenters. The van der Waals surface area contributed by atoms with Crippen LogP contribution in [0.1, 0.15) is 19.3 Å². The molecule has 0 bridgehead atoms. The number of sulfone groups is 1. The molecule has 1 aliphatic rings. The molecule has 1 aliphatic heterocycles. The second-order valence-electron chi connectivity index (χ2n) is 2.88. The molecule has 0 radical (unpaired) electrons. The summed E-state index contributed by atoms with van der Waals surface area (Å²) in [5.74, 6) is 0. The zero-order valence-corrected chi connectivity index (χ0v) is 7.25. The Morgan fingerprint density at radius 3 is 2.36 bits per heavy atom. The molecule has 1 atom stereocenters. The van der Waals surface area contributed by atoms with Crippen molar-refractivity contribution >= 4 is 9.84 Å². The second kappa shape index (κ2) is 2.71. The number of hydrogen-bond donors (Lipinski definition) is 1. The molecule has 1 fully saturated rings. The molecule has 0 amide bonds. The average molecular weight is 181 g/mol. The molecule has 0 aromatic carbocycles. The number of piperidine rings is 1. The summed E-state index contributed by atoms with van der Waals surface area (Å²) in [5, 5.41) is 0.219. The fourth-order valence-corrected chi connectivity index (χ4v) is 2.04. The molecule has 1 rings (SSSR count). The smallest absolute Gasteiger partial charge is 0.262 e. The highest BCUT2D eigenvalue weighted by Gasteiger charge is 2.41. The summed E-state index contributed by atoms with van der Waals surface area (Å²) in [6, 6.07) is 0. The molecular weight excluding hydrogens is 169 g/mol. The van der Waals surface area contributed by atoms with Crippen molar-refractivity contribution in [2.75, 3.05) is 12.8 Å². The Balaban J connectivity index is 2.81. The maximum atomic E-state index is 13.4. The Morgan fingerprint density at radius 1 is 1.45 bits per heavy atom. The van der Waals surface area contributed by atoms with Crippen LogP contribution in [0.25, 0.3) is 0 Å². The van der Waals surface area contributed by atoms with Gasteiger partial charge in [0, 0.05) is 12.7 Å². The molecule has 0 aromatic rings. The average Bonchev–Trinajstić information content (AvgIpc) is 1.87. The topological polar surface area (TPSA) is 46.2 Å². The highest BCUT2D eigenvalue weighted by molar-refractivity contribution is 7.91. The number of rotatable bonds is 1. The maximum absolute atomic E-state index is 13.4. The zero-order valence-electron chi connectivity index (χ0n) is 6.43. The van der Waals surface area contributed by atoms with Crippen LogP contribution in [0, 0.1) is 0 Å². The van der Waals surface area contributed by atoms with Crippen molar-refractivity contribution in [1.29, 1.82) is 0 Å². The molecule has 5 heteroatoms. The van der Waals surface area contributed by atoms with Crippen LogP contribution in [0.2, 0.25) is 0 Å². The molecule has 66 valence electrons. The van der Waals surface area contributed by atoms with Crippen molar-refractivity contribution < 1.29 is 12.8 Å². The summed E-state index contributed by atoms with van der Waals surface area (Å²) in [4.78, 5) is 0. The van der Waals surface area contributed by atoms with Gasteiger partial charge in [-0.3, -0.25) is 5.32 Å². The van der Waals surface area contributed by atoms with E-state index in [-0.39, 0.29) is 6.42 Å². The van der Waals surface area contributed by atoms with Gasteiger partial charge in [-0.2, -0.15) is 0 Å². The Labute approximate surface area is 65.9 Å². The minimum absolute atomic E-state index is 0.0752. The van der Waals surface area contributed by atoms with Gasteiger partial charge in [-0.15, -0.1) is 0 Å². The summed E-state index contributed by atoms with van der Waals surface area (Å²) >= 11 is 0. The predicted octanol–water partition coefficient (Wildman–Crippen LogP) is 0.428. The monoisotopic (exact) mass is 181 g/mol. The largest absolute Gasteiger partial charge is 0.272 e. The molecule has 0 spiro atoms. The van der Waals surface area contributed by atoms with E-state index < -0.39 is 15.0 Å². The Hall–Kier alpha value is -0.160. The van der Waals surface area contributed by atoms with Gasteiger partial charge >= 0.3 is 0 Å². The second-order valence-corrected chi connectivity index (χ2v) is 5.08. The van der Waals surface area contributed by atoms with E-state index in [9.17, 15) is 12.8 Å². The van der Waals surface area contributed by atoms with E-state index in [1.165, 1.54) is 0 Å². The summed E-state index contributed by atoms with van der Waals surface area (Å²) in [7, 11) is -3.60. The lowest BCUT2D eigenvalue weighted by Gasteiger charge is -2.28. The van der Waals surface area contributed by atoms with Crippen LogP contribution in [0.5, 0.6) is 0 Å². The minimum Gasteiger partial charge on any atom is -0.272 e. The van der Waals surface area contributed by atoms with Crippen LogP contribution in [-0.2, 0) is 9.84 Å². The van der Waals surface area contributed by atoms with Crippen molar-refractivity contribution in [3.8, 4) is 0 Å². The van der Waals surface area contributed by atoms with Crippen LogP contribution >= 0.6 is 0 Å². The highest BCUT2D eigenvalue weighted by atomic mass is 32.2. The lowest BCUT2D eigenvalue weighted by molar-refractivity contribution is 0.170. The van der Waals surface area contributed by atoms with Gasteiger partial charge in [-0.1, -0.05) is 0 Å². The first-order chi connectivity index (χ1) is 4.96. The van der Waals surface area contributed by atoms with Gasteiger partial charge in [0.25, 0.3) is 5.12 Å². The lowest BCUT2D eigenvalue weighted by Crippen LogP contribution is -2.50. The van der Waals surface area contributed by atoms with Crippen LogP contribution in [0.4, 0.5) is 4.39 Å². The molecule has 11 heavy (non-hydrogen) atoms. The first kappa shape index (κ1) is 8.93. The number of halogens is 1. The summed E-state index contributed by atoms with van der Waals surface area (Å²) in [5.41, 5.74) is 0. The van der Waals surface area contributed by atoms with Gasteiger partial charge in [-0.05, 0) is 19.4 Å². The van der Waals surface area contributed by atoms with Crippen molar-refractivity contribution in [3.63, 3.8) is 0 Å². The van der Waals surface area contributed by atoms with Crippen LogP contribution in [0.15, 0.2) is 0 Å². The van der Waals surface area contributed by atoms with Crippen molar-refractivity contribution in [3.05, 3.63) is 0 Å². The molecule has 1 heterocycles. The van der Waals surface area contributed by atoms with Gasteiger partial charge in [0.1, 0.15) is 0 Å². The predicted molar refractivity (Wildman–Crippen MR) is 40.5 cm³/mol. The third kappa shape index (κ3) is 1.70. The quantitative estimate of drug-likeness (QED) is 0.597. The highest BCUT2D eigenvalue weighted by Crippen LogP contribution is 2.25. The molecule has 3 nitrogen and oxygen atoms in total. The van der Waals surface area contributed by atoms with E-state index >= 15 is 0 Å². The Kier molecular flexibility index (Phi) is 2.20. The fourth-order valence-electron chi connectivity index (χ4n) is 1.16. The third-order valence-electron chi connectivity index (χ3n) is 1.90. The Morgan fingerprint density at radius 2 is 2.09 bits per heavy atom. The van der Waals surface area contributed by atoms with Gasteiger partial charge < -0.3 is 0 Å². The number of nitrogens with one attached hydrogen (secondary N) is 1. The summed E-state index contributed by atoms with van der Waals surface area (Å²) in [6.45, 7) is 0.448. The molecule has 1 N–H and O–H groups in total. The molecule has 1 saturated heterocycles.